The number of phenolic OH excluding ortho intramolecular Hbond substituents is 1. The van der Waals surface area contributed by atoms with Crippen LogP contribution in [-0.4, -0.2) is 19.3 Å². The number of nitrogens with one attached hydrogen (secondary N) is 1. The summed E-state index contributed by atoms with van der Waals surface area (Å²) >= 11 is 0. The van der Waals surface area contributed by atoms with Gasteiger partial charge in [0.15, 0.2) is 0 Å². The van der Waals surface area contributed by atoms with E-state index in [9.17, 15) is 5.11 Å². The first-order chi connectivity index (χ1) is 9.22. The van der Waals surface area contributed by atoms with Gasteiger partial charge in [0, 0.05) is 36.0 Å². The second-order valence-corrected chi connectivity index (χ2v) is 4.08. The van der Waals surface area contributed by atoms with Crippen LogP contribution < -0.4 is 14.8 Å². The standard InChI is InChI=1S/C15H17NO3/c1-18-13-7-12(8-14(9-13)19-2)16-10-11-5-3-4-6-15(11)17/h3-9,16-17H,10H2,1-2H3. The van der Waals surface area contributed by atoms with Crippen LogP contribution in [0, 0.1) is 0 Å². The molecule has 0 radical (unpaired) electrons. The van der Waals surface area contributed by atoms with Crippen molar-refractivity contribution in [1.29, 1.82) is 0 Å². The van der Waals surface area contributed by atoms with Gasteiger partial charge in [-0.1, -0.05) is 18.2 Å². The van der Waals surface area contributed by atoms with Gasteiger partial charge in [-0.25, -0.2) is 0 Å². The van der Waals surface area contributed by atoms with Gasteiger partial charge in [-0.2, -0.15) is 0 Å². The van der Waals surface area contributed by atoms with Crippen molar-refractivity contribution in [1.82, 2.24) is 0 Å². The maximum absolute atomic E-state index is 9.70. The Bertz CT molecular complexity index is 533. The van der Waals surface area contributed by atoms with Crippen molar-refractivity contribution < 1.29 is 14.6 Å². The molecule has 2 aromatic carbocycles. The largest absolute Gasteiger partial charge is 0.508 e. The number of hydrogen-bond donors (Lipinski definition) is 2. The van der Waals surface area contributed by atoms with E-state index in [2.05, 4.69) is 5.32 Å². The normalized spacial score (nSPS) is 10.0. The Hall–Kier alpha value is -2.36. The van der Waals surface area contributed by atoms with Crippen molar-refractivity contribution in [2.24, 2.45) is 0 Å². The molecular weight excluding hydrogens is 242 g/mol. The van der Waals surface area contributed by atoms with Crippen LogP contribution in [0.2, 0.25) is 0 Å². The molecule has 0 heterocycles. The number of hydrogen-bond acceptors (Lipinski definition) is 4. The highest BCUT2D eigenvalue weighted by molar-refractivity contribution is 5.54. The zero-order valence-corrected chi connectivity index (χ0v) is 11.0. The molecular formula is C15H17NO3. The summed E-state index contributed by atoms with van der Waals surface area (Å²) in [6.45, 7) is 0.531. The zero-order chi connectivity index (χ0) is 13.7. The lowest BCUT2D eigenvalue weighted by Crippen LogP contribution is -2.00. The maximum atomic E-state index is 9.70. The minimum Gasteiger partial charge on any atom is -0.508 e. The van der Waals surface area contributed by atoms with Crippen LogP contribution in [0.5, 0.6) is 17.2 Å². The predicted molar refractivity (Wildman–Crippen MR) is 75.0 cm³/mol. The highest BCUT2D eigenvalue weighted by atomic mass is 16.5. The van der Waals surface area contributed by atoms with Crippen LogP contribution in [0.15, 0.2) is 42.5 Å². The van der Waals surface area contributed by atoms with Crippen LogP contribution in [-0.2, 0) is 6.54 Å². The molecule has 0 bridgehead atoms. The van der Waals surface area contributed by atoms with Gasteiger partial charge < -0.3 is 19.9 Å². The fourth-order valence-electron chi connectivity index (χ4n) is 1.77. The molecule has 0 atom stereocenters. The third-order valence-corrected chi connectivity index (χ3v) is 2.83. The summed E-state index contributed by atoms with van der Waals surface area (Å²) in [5.41, 5.74) is 1.71. The second kappa shape index (κ2) is 6.00. The Morgan fingerprint density at radius 3 is 2.21 bits per heavy atom. The molecule has 2 N–H and O–H groups in total. The molecule has 0 unspecified atom stereocenters. The molecule has 0 aromatic heterocycles. The third-order valence-electron chi connectivity index (χ3n) is 2.83. The minimum absolute atomic E-state index is 0.282. The quantitative estimate of drug-likeness (QED) is 0.866. The molecule has 0 amide bonds. The van der Waals surface area contributed by atoms with Crippen molar-refractivity contribution in [3.05, 3.63) is 48.0 Å². The average Bonchev–Trinajstić information content (AvgIpc) is 2.46. The Morgan fingerprint density at radius 1 is 1.00 bits per heavy atom. The fraction of sp³-hybridized carbons (Fsp3) is 0.200. The summed E-state index contributed by atoms with van der Waals surface area (Å²) in [5, 5.41) is 12.9. The van der Waals surface area contributed by atoms with E-state index >= 15 is 0 Å². The Kier molecular flexibility index (Phi) is 4.13. The number of aromatic hydroxyl groups is 1. The van der Waals surface area contributed by atoms with Crippen LogP contribution >= 0.6 is 0 Å². The third kappa shape index (κ3) is 3.31. The molecule has 19 heavy (non-hydrogen) atoms. The second-order valence-electron chi connectivity index (χ2n) is 4.08. The number of para-hydroxylation sites is 1. The van der Waals surface area contributed by atoms with Gasteiger partial charge in [0.1, 0.15) is 17.2 Å². The first-order valence-electron chi connectivity index (χ1n) is 5.96. The van der Waals surface area contributed by atoms with E-state index in [-0.39, 0.29) is 5.75 Å². The Labute approximate surface area is 112 Å². The van der Waals surface area contributed by atoms with Gasteiger partial charge in [-0.05, 0) is 6.07 Å². The summed E-state index contributed by atoms with van der Waals surface area (Å²) < 4.78 is 10.4. The molecule has 0 fully saturated rings. The van der Waals surface area contributed by atoms with Gasteiger partial charge >= 0.3 is 0 Å². The molecule has 0 aliphatic rings. The lowest BCUT2D eigenvalue weighted by molar-refractivity contribution is 0.394. The van der Waals surface area contributed by atoms with Gasteiger partial charge in [-0.15, -0.1) is 0 Å². The molecule has 0 aliphatic heterocycles. The number of anilines is 1. The van der Waals surface area contributed by atoms with Crippen molar-refractivity contribution in [2.45, 2.75) is 6.54 Å². The van der Waals surface area contributed by atoms with E-state index < -0.39 is 0 Å². The van der Waals surface area contributed by atoms with E-state index in [1.165, 1.54) is 0 Å². The molecule has 0 spiro atoms. The summed E-state index contributed by atoms with van der Waals surface area (Å²) in [7, 11) is 3.23. The maximum Gasteiger partial charge on any atom is 0.124 e. The van der Waals surface area contributed by atoms with Gasteiger partial charge in [0.2, 0.25) is 0 Å². The van der Waals surface area contributed by atoms with E-state index in [1.54, 1.807) is 26.4 Å². The SMILES string of the molecule is COc1cc(NCc2ccccc2O)cc(OC)c1. The number of phenols is 1. The fourth-order valence-corrected chi connectivity index (χ4v) is 1.77. The van der Waals surface area contributed by atoms with Gasteiger partial charge in [-0.3, -0.25) is 0 Å². The van der Waals surface area contributed by atoms with Crippen LogP contribution in [0.4, 0.5) is 5.69 Å². The van der Waals surface area contributed by atoms with Crippen LogP contribution in [0.25, 0.3) is 0 Å². The summed E-state index contributed by atoms with van der Waals surface area (Å²) in [4.78, 5) is 0. The number of rotatable bonds is 5. The molecule has 4 heteroatoms. The lowest BCUT2D eigenvalue weighted by Gasteiger charge is -2.11. The molecule has 2 aromatic rings. The van der Waals surface area contributed by atoms with Gasteiger partial charge in [0.05, 0.1) is 14.2 Å². The average molecular weight is 259 g/mol. The molecule has 0 saturated heterocycles. The number of benzene rings is 2. The van der Waals surface area contributed by atoms with E-state index in [0.717, 1.165) is 22.7 Å². The Morgan fingerprint density at radius 2 is 1.63 bits per heavy atom. The van der Waals surface area contributed by atoms with Gasteiger partial charge in [0.25, 0.3) is 0 Å². The lowest BCUT2D eigenvalue weighted by atomic mass is 10.2. The smallest absolute Gasteiger partial charge is 0.124 e. The summed E-state index contributed by atoms with van der Waals surface area (Å²) in [6.07, 6.45) is 0. The number of methoxy groups -OCH3 is 2. The topological polar surface area (TPSA) is 50.7 Å². The summed E-state index contributed by atoms with van der Waals surface area (Å²) in [5.74, 6) is 1.73. The summed E-state index contributed by atoms with van der Waals surface area (Å²) in [6, 6.07) is 12.8. The molecule has 0 saturated carbocycles. The molecule has 4 nitrogen and oxygen atoms in total. The molecule has 100 valence electrons. The van der Waals surface area contributed by atoms with E-state index in [0.29, 0.717) is 6.54 Å². The van der Waals surface area contributed by atoms with Crippen LogP contribution in [0.3, 0.4) is 0 Å². The minimum atomic E-state index is 0.282. The van der Waals surface area contributed by atoms with Crippen LogP contribution in [0.1, 0.15) is 5.56 Å². The van der Waals surface area contributed by atoms with E-state index in [1.807, 2.05) is 30.3 Å². The zero-order valence-electron chi connectivity index (χ0n) is 11.0. The van der Waals surface area contributed by atoms with Crippen molar-refractivity contribution in [2.75, 3.05) is 19.5 Å². The predicted octanol–water partition coefficient (Wildman–Crippen LogP) is 3.02. The van der Waals surface area contributed by atoms with E-state index in [4.69, 9.17) is 9.47 Å². The highest BCUT2D eigenvalue weighted by Crippen LogP contribution is 2.26. The Balaban J connectivity index is 2.13. The van der Waals surface area contributed by atoms with Crippen molar-refractivity contribution in [3.8, 4) is 17.2 Å². The molecule has 2 rings (SSSR count). The first-order valence-corrected chi connectivity index (χ1v) is 5.96. The van der Waals surface area contributed by atoms with Crippen molar-refractivity contribution >= 4 is 5.69 Å². The number of ether oxygens (including phenoxy) is 2. The first kappa shape index (κ1) is 13.1. The molecule has 0 aliphatic carbocycles. The highest BCUT2D eigenvalue weighted by Gasteiger charge is 2.03. The van der Waals surface area contributed by atoms with Crippen molar-refractivity contribution in [3.63, 3.8) is 0 Å². The monoisotopic (exact) mass is 259 g/mol.